The predicted molar refractivity (Wildman–Crippen MR) is 36.0 cm³/mol. The Hall–Kier alpha value is -0.240. The van der Waals surface area contributed by atoms with E-state index >= 15 is 0 Å². The third kappa shape index (κ3) is 1.36. The highest BCUT2D eigenvalue weighted by Crippen LogP contribution is 2.17. The smallest absolute Gasteiger partial charge is 0.239 e. The summed E-state index contributed by atoms with van der Waals surface area (Å²) in [6.07, 6.45) is 2.03. The SMILES string of the molecule is CC1CCCN(Cl)C1=O. The van der Waals surface area contributed by atoms with Crippen molar-refractivity contribution in [2.75, 3.05) is 6.54 Å². The average molecular weight is 148 g/mol. The van der Waals surface area contributed by atoms with E-state index in [1.54, 1.807) is 0 Å². The summed E-state index contributed by atoms with van der Waals surface area (Å²) in [5.74, 6) is 0.208. The normalized spacial score (nSPS) is 28.9. The van der Waals surface area contributed by atoms with Crippen LogP contribution in [-0.2, 0) is 4.79 Å². The van der Waals surface area contributed by atoms with Crippen LogP contribution in [0.3, 0.4) is 0 Å². The standard InChI is InChI=1S/C6H10ClNO/c1-5-3-2-4-8(7)6(5)9/h5H,2-4H2,1H3. The van der Waals surface area contributed by atoms with Crippen molar-refractivity contribution in [1.82, 2.24) is 4.42 Å². The molecular weight excluding hydrogens is 138 g/mol. The van der Waals surface area contributed by atoms with E-state index in [1.165, 1.54) is 4.42 Å². The van der Waals surface area contributed by atoms with E-state index in [-0.39, 0.29) is 11.8 Å². The van der Waals surface area contributed by atoms with Crippen molar-refractivity contribution in [2.24, 2.45) is 5.92 Å². The number of carbonyl (C=O) groups excluding carboxylic acids is 1. The van der Waals surface area contributed by atoms with Gasteiger partial charge in [0.25, 0.3) is 0 Å². The molecule has 0 N–H and O–H groups in total. The fourth-order valence-electron chi connectivity index (χ4n) is 1.01. The van der Waals surface area contributed by atoms with Gasteiger partial charge in [-0.1, -0.05) is 6.92 Å². The van der Waals surface area contributed by atoms with Gasteiger partial charge in [-0.25, -0.2) is 0 Å². The molecule has 1 rings (SSSR count). The van der Waals surface area contributed by atoms with Crippen molar-refractivity contribution in [3.8, 4) is 0 Å². The van der Waals surface area contributed by atoms with Crippen LogP contribution in [0.15, 0.2) is 0 Å². The zero-order chi connectivity index (χ0) is 6.85. The maximum atomic E-state index is 10.9. The molecule has 0 aromatic rings. The van der Waals surface area contributed by atoms with Crippen molar-refractivity contribution in [1.29, 1.82) is 0 Å². The average Bonchev–Trinajstić information content (AvgIpc) is 1.83. The lowest BCUT2D eigenvalue weighted by Gasteiger charge is -2.23. The lowest BCUT2D eigenvalue weighted by molar-refractivity contribution is -0.132. The molecule has 1 unspecified atom stereocenters. The molecule has 1 aliphatic heterocycles. The lowest BCUT2D eigenvalue weighted by atomic mass is 10.0. The van der Waals surface area contributed by atoms with Crippen LogP contribution < -0.4 is 0 Å². The highest BCUT2D eigenvalue weighted by molar-refractivity contribution is 6.21. The largest absolute Gasteiger partial charge is 0.273 e. The lowest BCUT2D eigenvalue weighted by Crippen LogP contribution is -2.33. The fourth-order valence-corrected chi connectivity index (χ4v) is 1.30. The van der Waals surface area contributed by atoms with Crippen LogP contribution in [0.25, 0.3) is 0 Å². The number of halogens is 1. The van der Waals surface area contributed by atoms with Crippen LogP contribution in [0.2, 0.25) is 0 Å². The third-order valence-electron chi connectivity index (χ3n) is 1.65. The first-order valence-corrected chi connectivity index (χ1v) is 3.53. The van der Waals surface area contributed by atoms with E-state index in [2.05, 4.69) is 0 Å². The van der Waals surface area contributed by atoms with E-state index in [4.69, 9.17) is 11.8 Å². The highest BCUT2D eigenvalue weighted by atomic mass is 35.5. The monoisotopic (exact) mass is 147 g/mol. The second-order valence-electron chi connectivity index (χ2n) is 2.47. The Bertz CT molecular complexity index is 114. The summed E-state index contributed by atoms with van der Waals surface area (Å²) in [7, 11) is 0. The molecule has 52 valence electrons. The van der Waals surface area contributed by atoms with Crippen LogP contribution in [0, 0.1) is 5.92 Å². The Morgan fingerprint density at radius 2 is 2.44 bits per heavy atom. The Morgan fingerprint density at radius 1 is 1.78 bits per heavy atom. The molecule has 0 spiro atoms. The molecule has 1 atom stereocenters. The van der Waals surface area contributed by atoms with E-state index in [9.17, 15) is 4.79 Å². The second-order valence-corrected chi connectivity index (χ2v) is 2.88. The zero-order valence-electron chi connectivity index (χ0n) is 5.43. The van der Waals surface area contributed by atoms with Gasteiger partial charge in [0.15, 0.2) is 0 Å². The molecule has 2 nitrogen and oxygen atoms in total. The summed E-state index contributed by atoms with van der Waals surface area (Å²) < 4.78 is 1.29. The van der Waals surface area contributed by atoms with Gasteiger partial charge in [-0.05, 0) is 12.8 Å². The molecule has 0 aliphatic carbocycles. The third-order valence-corrected chi connectivity index (χ3v) is 1.99. The molecule has 0 saturated carbocycles. The Kier molecular flexibility index (Phi) is 1.96. The Morgan fingerprint density at radius 3 is 2.89 bits per heavy atom. The van der Waals surface area contributed by atoms with Crippen LogP contribution in [0.5, 0.6) is 0 Å². The summed E-state index contributed by atoms with van der Waals surface area (Å²) in [4.78, 5) is 10.9. The van der Waals surface area contributed by atoms with Gasteiger partial charge in [0.1, 0.15) is 0 Å². The second kappa shape index (κ2) is 2.56. The number of nitrogens with zero attached hydrogens (tertiary/aromatic N) is 1. The number of carbonyl (C=O) groups is 1. The predicted octanol–water partition coefficient (Wildman–Crippen LogP) is 1.40. The summed E-state index contributed by atoms with van der Waals surface area (Å²) in [6.45, 7) is 2.63. The van der Waals surface area contributed by atoms with Crippen molar-refractivity contribution in [3.63, 3.8) is 0 Å². The van der Waals surface area contributed by atoms with Crippen LogP contribution in [-0.4, -0.2) is 16.9 Å². The zero-order valence-corrected chi connectivity index (χ0v) is 6.19. The summed E-state index contributed by atoms with van der Waals surface area (Å²) >= 11 is 5.55. The van der Waals surface area contributed by atoms with Crippen LogP contribution in [0.4, 0.5) is 0 Å². The van der Waals surface area contributed by atoms with Crippen molar-refractivity contribution in [2.45, 2.75) is 19.8 Å². The molecule has 3 heteroatoms. The van der Waals surface area contributed by atoms with E-state index in [0.29, 0.717) is 6.54 Å². The van der Waals surface area contributed by atoms with Crippen molar-refractivity contribution < 1.29 is 4.79 Å². The highest BCUT2D eigenvalue weighted by Gasteiger charge is 2.23. The summed E-state index contributed by atoms with van der Waals surface area (Å²) in [5, 5.41) is 0. The molecule has 0 aromatic carbocycles. The van der Waals surface area contributed by atoms with Gasteiger partial charge in [-0.2, -0.15) is 0 Å². The topological polar surface area (TPSA) is 20.3 Å². The van der Waals surface area contributed by atoms with Crippen molar-refractivity contribution >= 4 is 17.7 Å². The molecule has 1 heterocycles. The Balaban J connectivity index is 2.52. The van der Waals surface area contributed by atoms with Gasteiger partial charge < -0.3 is 0 Å². The van der Waals surface area contributed by atoms with E-state index in [0.717, 1.165) is 12.8 Å². The van der Waals surface area contributed by atoms with Crippen LogP contribution in [0.1, 0.15) is 19.8 Å². The van der Waals surface area contributed by atoms with Gasteiger partial charge in [-0.15, -0.1) is 0 Å². The molecule has 1 aliphatic rings. The number of piperidine rings is 1. The maximum absolute atomic E-state index is 10.9. The van der Waals surface area contributed by atoms with Gasteiger partial charge in [0.05, 0.1) is 0 Å². The van der Waals surface area contributed by atoms with Crippen molar-refractivity contribution in [3.05, 3.63) is 0 Å². The summed E-state index contributed by atoms with van der Waals surface area (Å²) in [6, 6.07) is 0. The van der Waals surface area contributed by atoms with E-state index < -0.39 is 0 Å². The molecule has 9 heavy (non-hydrogen) atoms. The quantitative estimate of drug-likeness (QED) is 0.475. The number of hydrogen-bond acceptors (Lipinski definition) is 1. The minimum absolute atomic E-state index is 0.0721. The Labute approximate surface area is 59.9 Å². The maximum Gasteiger partial charge on any atom is 0.239 e. The first kappa shape index (κ1) is 6.87. The first-order chi connectivity index (χ1) is 4.22. The van der Waals surface area contributed by atoms with Gasteiger partial charge in [0.2, 0.25) is 5.91 Å². The molecule has 1 fully saturated rings. The van der Waals surface area contributed by atoms with Gasteiger partial charge in [0, 0.05) is 24.2 Å². The van der Waals surface area contributed by atoms with E-state index in [1.807, 2.05) is 6.92 Å². The van der Waals surface area contributed by atoms with Gasteiger partial charge >= 0.3 is 0 Å². The number of amides is 1. The molecule has 0 aromatic heterocycles. The van der Waals surface area contributed by atoms with Gasteiger partial charge in [-0.3, -0.25) is 9.21 Å². The summed E-state index contributed by atoms with van der Waals surface area (Å²) in [5.41, 5.74) is 0. The van der Waals surface area contributed by atoms with Crippen LogP contribution >= 0.6 is 11.8 Å². The molecule has 1 saturated heterocycles. The minimum atomic E-state index is 0.0721. The molecular formula is C6H10ClNO. The molecule has 0 radical (unpaired) electrons. The first-order valence-electron chi connectivity index (χ1n) is 3.19. The number of rotatable bonds is 0. The molecule has 0 bridgehead atoms. The minimum Gasteiger partial charge on any atom is -0.273 e. The fraction of sp³-hybridized carbons (Fsp3) is 0.833. The number of hydrogen-bond donors (Lipinski definition) is 0. The molecule has 1 amide bonds.